The first-order valence-electron chi connectivity index (χ1n) is 9.99. The first-order chi connectivity index (χ1) is 14.4. The summed E-state index contributed by atoms with van der Waals surface area (Å²) in [5, 5.41) is 3.12. The van der Waals surface area contributed by atoms with Gasteiger partial charge in [0, 0.05) is 32.7 Å². The minimum Gasteiger partial charge on any atom is -0.379 e. The molecule has 1 fully saturated rings. The number of anilines is 1. The fourth-order valence-corrected chi connectivity index (χ4v) is 3.67. The lowest BCUT2D eigenvalue weighted by atomic mass is 10.1. The second-order valence-corrected chi connectivity index (χ2v) is 7.57. The fraction of sp³-hybridized carbons (Fsp3) is 0.409. The Kier molecular flexibility index (Phi) is 8.07. The van der Waals surface area contributed by atoms with E-state index in [1.54, 1.807) is 6.07 Å². The van der Waals surface area contributed by atoms with Crippen molar-refractivity contribution in [2.45, 2.75) is 19.1 Å². The van der Waals surface area contributed by atoms with Gasteiger partial charge in [0.15, 0.2) is 5.11 Å². The third-order valence-corrected chi connectivity index (χ3v) is 5.34. The number of ether oxygens (including phenoxy) is 1. The van der Waals surface area contributed by atoms with Gasteiger partial charge in [0.25, 0.3) is 0 Å². The summed E-state index contributed by atoms with van der Waals surface area (Å²) in [5.74, 6) is 0. The molecule has 1 N–H and O–H groups in total. The minimum atomic E-state index is -4.44. The van der Waals surface area contributed by atoms with Crippen molar-refractivity contribution in [2.75, 3.05) is 44.7 Å². The Morgan fingerprint density at radius 1 is 1.03 bits per heavy atom. The predicted molar refractivity (Wildman–Crippen MR) is 116 cm³/mol. The Morgan fingerprint density at radius 3 is 2.40 bits per heavy atom. The van der Waals surface area contributed by atoms with E-state index in [-0.39, 0.29) is 10.8 Å². The number of nitrogens with one attached hydrogen (secondary N) is 1. The zero-order valence-corrected chi connectivity index (χ0v) is 17.5. The van der Waals surface area contributed by atoms with Gasteiger partial charge in [-0.25, -0.2) is 0 Å². The van der Waals surface area contributed by atoms with E-state index >= 15 is 0 Å². The number of nitrogens with zero attached hydrogens (tertiary/aromatic N) is 2. The van der Waals surface area contributed by atoms with Crippen molar-refractivity contribution in [1.82, 2.24) is 9.80 Å². The molecule has 1 aliphatic rings. The number of alkyl halides is 3. The number of thiocarbonyl (C=S) groups is 1. The number of morpholine rings is 1. The first-order valence-corrected chi connectivity index (χ1v) is 10.4. The van der Waals surface area contributed by atoms with Gasteiger partial charge in [0.1, 0.15) is 0 Å². The monoisotopic (exact) mass is 437 g/mol. The van der Waals surface area contributed by atoms with E-state index in [0.29, 0.717) is 13.1 Å². The topological polar surface area (TPSA) is 27.7 Å². The smallest absolute Gasteiger partial charge is 0.379 e. The van der Waals surface area contributed by atoms with E-state index in [0.717, 1.165) is 50.9 Å². The molecule has 0 radical (unpaired) electrons. The standard InChI is InChI=1S/C22H26F3N3OS/c23-22(24,25)19-9-4-5-10-20(19)26-21(30)28(17-18-7-2-1-3-8-18)12-6-11-27-13-15-29-16-14-27/h1-5,7-10H,6,11-17H2,(H,26,30). The lowest BCUT2D eigenvalue weighted by Crippen LogP contribution is -2.40. The molecule has 1 saturated heterocycles. The van der Waals surface area contributed by atoms with Crippen LogP contribution in [0.3, 0.4) is 0 Å². The van der Waals surface area contributed by atoms with Crippen molar-refractivity contribution in [3.8, 4) is 0 Å². The molecule has 0 atom stereocenters. The highest BCUT2D eigenvalue weighted by molar-refractivity contribution is 7.80. The molecule has 0 saturated carbocycles. The van der Waals surface area contributed by atoms with E-state index < -0.39 is 11.7 Å². The van der Waals surface area contributed by atoms with E-state index in [2.05, 4.69) is 10.2 Å². The number of hydrogen-bond acceptors (Lipinski definition) is 3. The molecule has 3 rings (SSSR count). The number of hydrogen-bond donors (Lipinski definition) is 1. The van der Waals surface area contributed by atoms with Crippen molar-refractivity contribution in [3.63, 3.8) is 0 Å². The van der Waals surface area contributed by atoms with Crippen LogP contribution in [0.1, 0.15) is 17.5 Å². The van der Waals surface area contributed by atoms with Crippen LogP contribution in [0.4, 0.5) is 18.9 Å². The number of halogens is 3. The van der Waals surface area contributed by atoms with Crippen LogP contribution in [0.15, 0.2) is 54.6 Å². The third kappa shape index (κ3) is 6.68. The van der Waals surface area contributed by atoms with E-state index in [4.69, 9.17) is 17.0 Å². The van der Waals surface area contributed by atoms with Crippen molar-refractivity contribution in [2.24, 2.45) is 0 Å². The van der Waals surface area contributed by atoms with Gasteiger partial charge in [-0.3, -0.25) is 4.90 Å². The maximum absolute atomic E-state index is 13.3. The van der Waals surface area contributed by atoms with Crippen LogP contribution in [0, 0.1) is 0 Å². The lowest BCUT2D eigenvalue weighted by molar-refractivity contribution is -0.136. The number of para-hydroxylation sites is 1. The largest absolute Gasteiger partial charge is 0.418 e. The average molecular weight is 438 g/mol. The molecule has 0 unspecified atom stereocenters. The maximum atomic E-state index is 13.3. The van der Waals surface area contributed by atoms with Crippen molar-refractivity contribution in [3.05, 3.63) is 65.7 Å². The summed E-state index contributed by atoms with van der Waals surface area (Å²) in [6.45, 7) is 5.36. The quantitative estimate of drug-likeness (QED) is 0.638. The molecule has 162 valence electrons. The van der Waals surface area contributed by atoms with Gasteiger partial charge in [-0.2, -0.15) is 13.2 Å². The second kappa shape index (κ2) is 10.7. The molecule has 4 nitrogen and oxygen atoms in total. The molecule has 2 aromatic rings. The highest BCUT2D eigenvalue weighted by Gasteiger charge is 2.33. The second-order valence-electron chi connectivity index (χ2n) is 7.19. The molecule has 0 bridgehead atoms. The Balaban J connectivity index is 1.68. The maximum Gasteiger partial charge on any atom is 0.418 e. The highest BCUT2D eigenvalue weighted by Crippen LogP contribution is 2.34. The van der Waals surface area contributed by atoms with Crippen LogP contribution in [-0.2, 0) is 17.5 Å². The van der Waals surface area contributed by atoms with Gasteiger partial charge in [0.05, 0.1) is 24.5 Å². The molecule has 0 spiro atoms. The Hall–Kier alpha value is -2.16. The van der Waals surface area contributed by atoms with Gasteiger partial charge >= 0.3 is 6.18 Å². The van der Waals surface area contributed by atoms with Crippen molar-refractivity contribution in [1.29, 1.82) is 0 Å². The van der Waals surface area contributed by atoms with Crippen LogP contribution >= 0.6 is 12.2 Å². The Bertz CT molecular complexity index is 811. The zero-order chi connectivity index (χ0) is 21.4. The van der Waals surface area contributed by atoms with Gasteiger partial charge in [0.2, 0.25) is 0 Å². The molecule has 1 heterocycles. The summed E-state index contributed by atoms with van der Waals surface area (Å²) in [7, 11) is 0. The highest BCUT2D eigenvalue weighted by atomic mass is 32.1. The normalized spacial score (nSPS) is 15.0. The lowest BCUT2D eigenvalue weighted by Gasteiger charge is -2.30. The predicted octanol–water partition coefficient (Wildman–Crippen LogP) is 4.63. The molecular weight excluding hydrogens is 411 g/mol. The van der Waals surface area contributed by atoms with Gasteiger partial charge in [-0.15, -0.1) is 0 Å². The van der Waals surface area contributed by atoms with E-state index in [1.165, 1.54) is 12.1 Å². The summed E-state index contributed by atoms with van der Waals surface area (Å²) in [6.07, 6.45) is -3.59. The van der Waals surface area contributed by atoms with Crippen LogP contribution in [-0.4, -0.2) is 54.3 Å². The molecule has 1 aliphatic heterocycles. The minimum absolute atomic E-state index is 0.0266. The molecule has 30 heavy (non-hydrogen) atoms. The van der Waals surface area contributed by atoms with Crippen LogP contribution < -0.4 is 5.32 Å². The van der Waals surface area contributed by atoms with Gasteiger partial charge < -0.3 is 15.0 Å². The Morgan fingerprint density at radius 2 is 1.70 bits per heavy atom. The van der Waals surface area contributed by atoms with E-state index in [9.17, 15) is 13.2 Å². The van der Waals surface area contributed by atoms with E-state index in [1.807, 2.05) is 35.2 Å². The first kappa shape index (κ1) is 22.5. The van der Waals surface area contributed by atoms with Crippen molar-refractivity contribution < 1.29 is 17.9 Å². The molecule has 8 heteroatoms. The molecule has 0 amide bonds. The number of benzene rings is 2. The molecule has 2 aromatic carbocycles. The van der Waals surface area contributed by atoms with Crippen molar-refractivity contribution >= 4 is 23.0 Å². The molecular formula is C22H26F3N3OS. The van der Waals surface area contributed by atoms with Gasteiger partial charge in [-0.1, -0.05) is 42.5 Å². The number of rotatable bonds is 7. The van der Waals surface area contributed by atoms with Gasteiger partial charge in [-0.05, 0) is 36.3 Å². The van der Waals surface area contributed by atoms with Crippen LogP contribution in [0.5, 0.6) is 0 Å². The third-order valence-electron chi connectivity index (χ3n) is 4.98. The zero-order valence-electron chi connectivity index (χ0n) is 16.7. The summed E-state index contributed by atoms with van der Waals surface area (Å²) in [6, 6.07) is 15.2. The summed E-state index contributed by atoms with van der Waals surface area (Å²) < 4.78 is 45.4. The fourth-order valence-electron chi connectivity index (χ4n) is 3.40. The molecule has 0 aliphatic carbocycles. The SMILES string of the molecule is FC(F)(F)c1ccccc1NC(=S)N(CCCN1CCOCC1)Cc1ccccc1. The Labute approximate surface area is 180 Å². The average Bonchev–Trinajstić information content (AvgIpc) is 2.74. The van der Waals surface area contributed by atoms with Crippen LogP contribution in [0.25, 0.3) is 0 Å². The molecule has 0 aromatic heterocycles. The van der Waals surface area contributed by atoms with Crippen LogP contribution in [0.2, 0.25) is 0 Å². The summed E-state index contributed by atoms with van der Waals surface area (Å²) in [5.41, 5.74) is 0.304. The summed E-state index contributed by atoms with van der Waals surface area (Å²) >= 11 is 5.52. The summed E-state index contributed by atoms with van der Waals surface area (Å²) in [4.78, 5) is 4.26.